The summed E-state index contributed by atoms with van der Waals surface area (Å²) in [5, 5.41) is 23.2. The highest BCUT2D eigenvalue weighted by Gasteiger charge is 2.22. The highest BCUT2D eigenvalue weighted by atomic mass is 16.4. The smallest absolute Gasteiger partial charge is 0.326 e. The number of amides is 1. The lowest BCUT2D eigenvalue weighted by molar-refractivity contribution is -0.140. The molecule has 0 saturated carbocycles. The number of anilines is 2. The predicted octanol–water partition coefficient (Wildman–Crippen LogP) is 0.0311. The molecule has 0 bridgehead atoms. The molecule has 0 saturated heterocycles. The van der Waals surface area contributed by atoms with Gasteiger partial charge in [-0.2, -0.15) is 4.98 Å². The number of hydrogen-bond donors (Lipinski definition) is 5. The van der Waals surface area contributed by atoms with E-state index in [-0.39, 0.29) is 22.8 Å². The summed E-state index contributed by atoms with van der Waals surface area (Å²) in [6.07, 6.45) is 0.0169. The number of nitrogen functional groups attached to an aromatic ring is 1. The molecular weight excluding hydrogens is 452 g/mol. The summed E-state index contributed by atoms with van der Waals surface area (Å²) in [4.78, 5) is 72.5. The second kappa shape index (κ2) is 10.1. The number of benzene rings is 1. The number of aliphatic carboxylic acids is 2. The number of nitrogens with two attached hydrogens (primary N) is 1. The van der Waals surface area contributed by atoms with Crippen LogP contribution in [0.3, 0.4) is 0 Å². The van der Waals surface area contributed by atoms with E-state index in [1.807, 2.05) is 5.32 Å². The number of carbonyl (C=O) groups excluding carboxylic acids is 1. The van der Waals surface area contributed by atoms with Gasteiger partial charge in [-0.05, 0) is 30.6 Å². The van der Waals surface area contributed by atoms with Crippen molar-refractivity contribution in [2.45, 2.75) is 25.4 Å². The van der Waals surface area contributed by atoms with Gasteiger partial charge >= 0.3 is 11.9 Å². The van der Waals surface area contributed by atoms with Crippen LogP contribution >= 0.6 is 0 Å². The number of H-pyrrole nitrogens is 1. The molecule has 15 heteroatoms. The fraction of sp³-hybridized carbons (Fsp3) is 0.211. The molecule has 34 heavy (non-hydrogen) atoms. The molecular formula is C19H18N8O7. The number of aromatic amines is 1. The lowest BCUT2D eigenvalue weighted by atomic mass is 10.1. The topological polar surface area (TPSA) is 234 Å². The first-order valence-corrected chi connectivity index (χ1v) is 9.33. The fourth-order valence-corrected chi connectivity index (χ4v) is 2.65. The molecule has 3 rings (SSSR count). The number of nitroso groups, excluding NO2 is 1. The zero-order valence-corrected chi connectivity index (χ0v) is 17.0. The van der Waals surface area contributed by atoms with E-state index in [2.05, 4.69) is 25.2 Å². The van der Waals surface area contributed by atoms with Crippen LogP contribution in [0.25, 0.3) is 11.2 Å². The number of aromatic nitrogens is 4. The molecule has 2 aromatic heterocycles. The maximum absolute atomic E-state index is 12.7. The van der Waals surface area contributed by atoms with Gasteiger partial charge in [-0.1, -0.05) is 0 Å². The molecule has 0 spiro atoms. The Bertz CT molecular complexity index is 1500. The summed E-state index contributed by atoms with van der Waals surface area (Å²) >= 11 is 0. The average Bonchev–Trinajstić information content (AvgIpc) is 2.84. The van der Waals surface area contributed by atoms with Gasteiger partial charge in [-0.25, -0.2) is 19.8 Å². The summed E-state index contributed by atoms with van der Waals surface area (Å²) in [6.45, 7) is -0.561. The fourth-order valence-electron chi connectivity index (χ4n) is 2.65. The molecule has 2 heterocycles. The standard InChI is InChI=1S/C19H18N8O7/c20-19-24-15-14(17(31)25-19)22-10(7-21-15)8-27(26-34)11-3-1-9(2-4-11)16(30)23-12(18(32)33)5-6-13(28)29/h1-4,7,12H,5-6,8H2,(H,23,30)(H,28,29)(H,32,33)(H3,20,21,24,25,31)/t12-/m0/s1/i1D,2D,3D,4D. The molecule has 1 atom stereocenters. The highest BCUT2D eigenvalue weighted by molar-refractivity contribution is 5.97. The van der Waals surface area contributed by atoms with Crippen molar-refractivity contribution in [1.29, 1.82) is 0 Å². The van der Waals surface area contributed by atoms with Crippen LogP contribution in [0.2, 0.25) is 0 Å². The molecule has 3 aromatic rings. The Balaban J connectivity index is 1.98. The van der Waals surface area contributed by atoms with Crippen LogP contribution in [0.1, 0.15) is 34.4 Å². The maximum Gasteiger partial charge on any atom is 0.326 e. The Labute approximate surface area is 195 Å². The lowest BCUT2D eigenvalue weighted by Gasteiger charge is -2.16. The maximum atomic E-state index is 12.7. The van der Waals surface area contributed by atoms with Crippen LogP contribution < -0.4 is 21.6 Å². The molecule has 1 amide bonds. The monoisotopic (exact) mass is 474 g/mol. The van der Waals surface area contributed by atoms with Crippen molar-refractivity contribution in [3.05, 3.63) is 56.9 Å². The van der Waals surface area contributed by atoms with E-state index in [0.717, 1.165) is 6.20 Å². The summed E-state index contributed by atoms with van der Waals surface area (Å²) in [6, 6.07) is -5.26. The largest absolute Gasteiger partial charge is 0.481 e. The predicted molar refractivity (Wildman–Crippen MR) is 117 cm³/mol. The number of nitrogens with one attached hydrogen (secondary N) is 2. The molecule has 176 valence electrons. The minimum absolute atomic E-state index is 0.0458. The molecule has 1 aromatic carbocycles. The third-order valence-electron chi connectivity index (χ3n) is 4.24. The number of carboxylic acid groups (broad SMARTS) is 2. The minimum atomic E-state index is -1.69. The average molecular weight is 474 g/mol. The quantitative estimate of drug-likeness (QED) is 0.193. The van der Waals surface area contributed by atoms with Crippen LogP contribution in [0.5, 0.6) is 0 Å². The van der Waals surface area contributed by atoms with E-state index in [4.69, 9.17) is 16.3 Å². The first-order valence-electron chi connectivity index (χ1n) is 11.3. The number of nitrogens with zero attached hydrogens (tertiary/aromatic N) is 5. The number of hydrogen-bond acceptors (Lipinski definition) is 10. The van der Waals surface area contributed by atoms with Gasteiger partial charge in [0, 0.05) is 12.0 Å². The van der Waals surface area contributed by atoms with Gasteiger partial charge in [0.15, 0.2) is 11.2 Å². The summed E-state index contributed by atoms with van der Waals surface area (Å²) in [7, 11) is 0. The summed E-state index contributed by atoms with van der Waals surface area (Å²) in [5.41, 5.74) is 2.87. The van der Waals surface area contributed by atoms with Crippen molar-refractivity contribution in [2.75, 3.05) is 10.7 Å². The molecule has 6 N–H and O–H groups in total. The molecule has 0 aliphatic heterocycles. The van der Waals surface area contributed by atoms with Crippen LogP contribution in [-0.4, -0.2) is 54.0 Å². The van der Waals surface area contributed by atoms with E-state index >= 15 is 0 Å². The Morgan fingerprint density at radius 1 is 1.24 bits per heavy atom. The molecule has 0 aliphatic carbocycles. The highest BCUT2D eigenvalue weighted by Crippen LogP contribution is 2.18. The third kappa shape index (κ3) is 5.64. The van der Waals surface area contributed by atoms with Gasteiger partial charge < -0.3 is 21.3 Å². The molecule has 0 aliphatic rings. The van der Waals surface area contributed by atoms with Crippen LogP contribution in [0.15, 0.2) is 40.4 Å². The molecule has 0 unspecified atom stereocenters. The summed E-state index contributed by atoms with van der Waals surface area (Å²) < 4.78 is 32.8. The van der Waals surface area contributed by atoms with Crippen LogP contribution in [0, 0.1) is 4.91 Å². The van der Waals surface area contributed by atoms with E-state index in [9.17, 15) is 29.2 Å². The van der Waals surface area contributed by atoms with Crippen molar-refractivity contribution in [1.82, 2.24) is 25.3 Å². The third-order valence-corrected chi connectivity index (χ3v) is 4.24. The normalized spacial score (nSPS) is 13.2. The van der Waals surface area contributed by atoms with E-state index in [1.54, 1.807) is 0 Å². The van der Waals surface area contributed by atoms with E-state index < -0.39 is 84.3 Å². The second-order valence-electron chi connectivity index (χ2n) is 6.64. The summed E-state index contributed by atoms with van der Waals surface area (Å²) in [5.74, 6) is -4.40. The van der Waals surface area contributed by atoms with Gasteiger partial charge in [0.25, 0.3) is 11.5 Å². The molecule has 15 nitrogen and oxygen atoms in total. The Morgan fingerprint density at radius 3 is 2.56 bits per heavy atom. The van der Waals surface area contributed by atoms with Gasteiger partial charge in [-0.3, -0.25) is 19.4 Å². The SMILES string of the molecule is [2H]c1c([2H])c(N(Cc2cnc3nc(N)[nH]c(=O)c3n2)N=O)c([2H])c([2H])c1C(=O)N[C@@H](CCC(=O)O)C(=O)O. The van der Waals surface area contributed by atoms with Gasteiger partial charge in [0.1, 0.15) is 6.04 Å². The number of rotatable bonds is 10. The van der Waals surface area contributed by atoms with Crippen molar-refractivity contribution in [2.24, 2.45) is 5.29 Å². The zero-order valence-electron chi connectivity index (χ0n) is 21.0. The minimum Gasteiger partial charge on any atom is -0.481 e. The van der Waals surface area contributed by atoms with E-state index in [1.165, 1.54) is 0 Å². The van der Waals surface area contributed by atoms with Gasteiger partial charge in [0.05, 0.1) is 34.9 Å². The molecule has 0 radical (unpaired) electrons. The lowest BCUT2D eigenvalue weighted by Crippen LogP contribution is -2.41. The van der Waals surface area contributed by atoms with Crippen molar-refractivity contribution >= 4 is 40.6 Å². The zero-order chi connectivity index (χ0) is 28.3. The number of carboxylic acids is 2. The molecule has 0 fully saturated rings. The number of fused-ring (bicyclic) bond motifs is 1. The van der Waals surface area contributed by atoms with Crippen molar-refractivity contribution in [3.8, 4) is 0 Å². The van der Waals surface area contributed by atoms with Gasteiger partial charge in [0.2, 0.25) is 5.95 Å². The van der Waals surface area contributed by atoms with Crippen LogP contribution in [-0.2, 0) is 16.1 Å². The van der Waals surface area contributed by atoms with Crippen LogP contribution in [0.4, 0.5) is 11.6 Å². The Kier molecular flexibility index (Phi) is 5.53. The van der Waals surface area contributed by atoms with Gasteiger partial charge in [-0.15, -0.1) is 4.91 Å². The van der Waals surface area contributed by atoms with Crippen molar-refractivity contribution < 1.29 is 30.1 Å². The first-order chi connectivity index (χ1) is 17.8. The number of carbonyl (C=O) groups is 3. The first kappa shape index (κ1) is 18.6. The van der Waals surface area contributed by atoms with E-state index in [0.29, 0.717) is 5.01 Å². The Morgan fingerprint density at radius 2 is 1.94 bits per heavy atom. The Hall–Kier alpha value is -4.95. The second-order valence-corrected chi connectivity index (χ2v) is 6.64. The van der Waals surface area contributed by atoms with Crippen molar-refractivity contribution in [3.63, 3.8) is 0 Å².